The predicted molar refractivity (Wildman–Crippen MR) is 123 cm³/mol. The maximum atomic E-state index is 10.6. The predicted octanol–water partition coefficient (Wildman–Crippen LogP) is 4.06. The second-order valence-corrected chi connectivity index (χ2v) is 9.93. The van der Waals surface area contributed by atoms with Gasteiger partial charge in [-0.25, -0.2) is 9.59 Å². The van der Waals surface area contributed by atoms with Gasteiger partial charge < -0.3 is 19.8 Å². The number of alkyl halides is 6. The second-order valence-electron chi connectivity index (χ2n) is 9.93. The lowest BCUT2D eigenvalue weighted by atomic mass is 9.76. The average molecular weight is 558 g/mol. The number of likely N-dealkylation sites (tertiary alicyclic amines) is 2. The Morgan fingerprint density at radius 3 is 2.05 bits per heavy atom. The van der Waals surface area contributed by atoms with Crippen LogP contribution >= 0.6 is 0 Å². The van der Waals surface area contributed by atoms with Crippen LogP contribution in [0.5, 0.6) is 0 Å². The number of carboxylic acids is 2. The number of nitrogens with zero attached hydrogens (tertiary/aromatic N) is 3. The highest BCUT2D eigenvalue weighted by Gasteiger charge is 2.45. The van der Waals surface area contributed by atoms with Gasteiger partial charge in [-0.3, -0.25) is 9.88 Å². The molecule has 3 heterocycles. The van der Waals surface area contributed by atoms with Gasteiger partial charge >= 0.3 is 24.3 Å². The van der Waals surface area contributed by atoms with E-state index in [0.717, 1.165) is 19.1 Å². The normalized spacial score (nSPS) is 21.7. The average Bonchev–Trinajstić information content (AvgIpc) is 3.58. The zero-order valence-corrected chi connectivity index (χ0v) is 21.0. The van der Waals surface area contributed by atoms with Crippen LogP contribution in [0, 0.1) is 11.3 Å². The monoisotopic (exact) mass is 557 g/mol. The fourth-order valence-electron chi connectivity index (χ4n) is 4.76. The molecular formula is C24H33F6N3O5. The number of carboxylic acid groups (broad SMARTS) is 2. The quantitative estimate of drug-likeness (QED) is 0.505. The topological polar surface area (TPSA) is 103 Å². The zero-order valence-electron chi connectivity index (χ0n) is 21.0. The lowest BCUT2D eigenvalue weighted by Crippen LogP contribution is -2.42. The Kier molecular flexibility index (Phi) is 11.3. The van der Waals surface area contributed by atoms with E-state index >= 15 is 0 Å². The van der Waals surface area contributed by atoms with E-state index in [9.17, 15) is 26.3 Å². The maximum absolute atomic E-state index is 10.6. The summed E-state index contributed by atoms with van der Waals surface area (Å²) in [6, 6.07) is 4.80. The second kappa shape index (κ2) is 13.6. The summed E-state index contributed by atoms with van der Waals surface area (Å²) in [7, 11) is 1.84. The van der Waals surface area contributed by atoms with Gasteiger partial charge in [-0.05, 0) is 68.2 Å². The molecule has 0 amide bonds. The van der Waals surface area contributed by atoms with Crippen LogP contribution in [0.4, 0.5) is 26.3 Å². The molecule has 0 aromatic carbocycles. The Bertz CT molecular complexity index is 864. The number of piperidine rings is 1. The van der Waals surface area contributed by atoms with Crippen molar-refractivity contribution in [3.8, 4) is 0 Å². The van der Waals surface area contributed by atoms with Gasteiger partial charge in [0.05, 0.1) is 6.61 Å². The van der Waals surface area contributed by atoms with Crippen LogP contribution in [0.15, 0.2) is 24.5 Å². The highest BCUT2D eigenvalue weighted by atomic mass is 19.4. The van der Waals surface area contributed by atoms with Crippen molar-refractivity contribution < 1.29 is 50.9 Å². The van der Waals surface area contributed by atoms with Crippen molar-refractivity contribution in [2.75, 3.05) is 39.9 Å². The molecule has 3 fully saturated rings. The van der Waals surface area contributed by atoms with Crippen molar-refractivity contribution in [3.05, 3.63) is 30.1 Å². The molecule has 1 spiro atoms. The van der Waals surface area contributed by atoms with Crippen molar-refractivity contribution in [1.82, 2.24) is 14.8 Å². The first-order valence-corrected chi connectivity index (χ1v) is 12.1. The molecule has 1 unspecified atom stereocenters. The van der Waals surface area contributed by atoms with Crippen LogP contribution in [0.3, 0.4) is 0 Å². The molecular weight excluding hydrogens is 524 g/mol. The van der Waals surface area contributed by atoms with Crippen molar-refractivity contribution in [3.63, 3.8) is 0 Å². The Labute approximate surface area is 216 Å². The number of carbonyl (C=O) groups is 2. The number of aliphatic carboxylic acids is 2. The Hall–Kier alpha value is -2.45. The van der Waals surface area contributed by atoms with Gasteiger partial charge in [0.2, 0.25) is 0 Å². The van der Waals surface area contributed by atoms with E-state index in [0.29, 0.717) is 11.5 Å². The van der Waals surface area contributed by atoms with Crippen LogP contribution in [-0.4, -0.2) is 95.2 Å². The molecule has 0 radical (unpaired) electrons. The number of rotatable bonds is 6. The molecule has 1 aromatic rings. The van der Waals surface area contributed by atoms with Gasteiger partial charge in [0, 0.05) is 45.2 Å². The molecule has 1 saturated carbocycles. The van der Waals surface area contributed by atoms with Crippen LogP contribution in [0.2, 0.25) is 0 Å². The van der Waals surface area contributed by atoms with E-state index in [1.807, 2.05) is 25.6 Å². The van der Waals surface area contributed by atoms with E-state index in [4.69, 9.17) is 24.5 Å². The molecule has 1 aliphatic carbocycles. The van der Waals surface area contributed by atoms with E-state index < -0.39 is 24.3 Å². The summed E-state index contributed by atoms with van der Waals surface area (Å²) in [4.78, 5) is 27.4. The molecule has 8 nitrogen and oxygen atoms in total. The Morgan fingerprint density at radius 2 is 1.63 bits per heavy atom. The SMILES string of the molecule is COCC1CC2(CCN(CC3CC3)CC2)CN1Cc1cccnc1.O=C(O)C(F)(F)F.O=C(O)C(F)(F)F. The highest BCUT2D eigenvalue weighted by Crippen LogP contribution is 2.44. The van der Waals surface area contributed by atoms with Gasteiger partial charge in [-0.2, -0.15) is 26.3 Å². The van der Waals surface area contributed by atoms with E-state index in [1.165, 1.54) is 63.8 Å². The minimum absolute atomic E-state index is 0.519. The van der Waals surface area contributed by atoms with Crippen molar-refractivity contribution in [1.29, 1.82) is 0 Å². The smallest absolute Gasteiger partial charge is 0.475 e. The third-order valence-electron chi connectivity index (χ3n) is 6.81. The number of aromatic nitrogens is 1. The molecule has 1 atom stereocenters. The summed E-state index contributed by atoms with van der Waals surface area (Å²) in [5.41, 5.74) is 1.84. The van der Waals surface area contributed by atoms with E-state index in [-0.39, 0.29) is 0 Å². The number of halogens is 6. The fraction of sp³-hybridized carbons (Fsp3) is 0.708. The van der Waals surface area contributed by atoms with Crippen molar-refractivity contribution >= 4 is 11.9 Å². The summed E-state index contributed by atoms with van der Waals surface area (Å²) in [6.07, 6.45) is 0.669. The highest BCUT2D eigenvalue weighted by molar-refractivity contribution is 5.73. The number of ether oxygens (including phenoxy) is 1. The standard InChI is InChI=1S/C20H31N3O.2C2HF3O2/c1-24-15-19-11-20(6-9-22(10-7-20)13-17-4-5-17)16-23(19)14-18-3-2-8-21-12-18;2*3-2(4,5)1(6)7/h2-3,8,12,17,19H,4-7,9-11,13-16H2,1H3;2*(H,6,7). The van der Waals surface area contributed by atoms with Crippen molar-refractivity contribution in [2.45, 2.75) is 57.0 Å². The van der Waals surface area contributed by atoms with Crippen LogP contribution in [0.25, 0.3) is 0 Å². The zero-order chi connectivity index (χ0) is 28.6. The third kappa shape index (κ3) is 10.7. The summed E-state index contributed by atoms with van der Waals surface area (Å²) >= 11 is 0. The van der Waals surface area contributed by atoms with Crippen LogP contribution in [0.1, 0.15) is 37.7 Å². The summed E-state index contributed by atoms with van der Waals surface area (Å²) in [5.74, 6) is -4.49. The van der Waals surface area contributed by atoms with Gasteiger partial charge in [-0.15, -0.1) is 0 Å². The van der Waals surface area contributed by atoms with Crippen LogP contribution < -0.4 is 0 Å². The molecule has 14 heteroatoms. The Morgan fingerprint density at radius 1 is 1.08 bits per heavy atom. The van der Waals surface area contributed by atoms with Gasteiger partial charge in [0.15, 0.2) is 0 Å². The first-order valence-electron chi connectivity index (χ1n) is 12.1. The first-order chi connectivity index (χ1) is 17.6. The summed E-state index contributed by atoms with van der Waals surface area (Å²) < 4.78 is 69.0. The number of methoxy groups -OCH3 is 1. The van der Waals surface area contributed by atoms with E-state index in [1.54, 1.807) is 0 Å². The lowest BCUT2D eigenvalue weighted by molar-refractivity contribution is -0.193. The van der Waals surface area contributed by atoms with Crippen LogP contribution in [-0.2, 0) is 20.9 Å². The van der Waals surface area contributed by atoms with E-state index in [2.05, 4.69) is 20.9 Å². The largest absolute Gasteiger partial charge is 0.490 e. The molecule has 3 aliphatic rings. The number of hydrogen-bond donors (Lipinski definition) is 2. The number of pyridine rings is 1. The molecule has 0 bridgehead atoms. The van der Waals surface area contributed by atoms with Gasteiger partial charge in [-0.1, -0.05) is 6.07 Å². The summed E-state index contributed by atoms with van der Waals surface area (Å²) in [5, 5.41) is 14.2. The molecule has 2 saturated heterocycles. The fourth-order valence-corrected chi connectivity index (χ4v) is 4.76. The third-order valence-corrected chi connectivity index (χ3v) is 6.81. The molecule has 216 valence electrons. The minimum atomic E-state index is -5.08. The molecule has 1 aromatic heterocycles. The summed E-state index contributed by atoms with van der Waals surface area (Å²) in [6.45, 7) is 7.06. The molecule has 4 rings (SSSR count). The molecule has 38 heavy (non-hydrogen) atoms. The Balaban J connectivity index is 0.000000301. The lowest BCUT2D eigenvalue weighted by Gasteiger charge is -2.39. The van der Waals surface area contributed by atoms with Crippen molar-refractivity contribution in [2.24, 2.45) is 11.3 Å². The maximum Gasteiger partial charge on any atom is 0.490 e. The first kappa shape index (κ1) is 31.8. The number of hydrogen-bond acceptors (Lipinski definition) is 6. The minimum Gasteiger partial charge on any atom is -0.475 e. The molecule has 2 N–H and O–H groups in total. The molecule has 2 aliphatic heterocycles. The van der Waals surface area contributed by atoms with Gasteiger partial charge in [0.1, 0.15) is 0 Å². The van der Waals surface area contributed by atoms with Gasteiger partial charge in [0.25, 0.3) is 0 Å².